The summed E-state index contributed by atoms with van der Waals surface area (Å²) < 4.78 is 11.6. The summed E-state index contributed by atoms with van der Waals surface area (Å²) in [4.78, 5) is 14.2. The molecular formula is C13H19BN2O3. The number of H-pyrrole nitrogens is 1. The van der Waals surface area contributed by atoms with Crippen LogP contribution < -0.4 is 11.3 Å². The van der Waals surface area contributed by atoms with Crippen molar-refractivity contribution in [3.63, 3.8) is 0 Å². The molecule has 0 radical (unpaired) electrons. The van der Waals surface area contributed by atoms with Gasteiger partial charge < -0.3 is 20.0 Å². The maximum absolute atomic E-state index is 11.6. The molecule has 0 spiro atoms. The van der Waals surface area contributed by atoms with E-state index >= 15 is 0 Å². The second-order valence-corrected chi connectivity index (χ2v) is 5.68. The van der Waals surface area contributed by atoms with Gasteiger partial charge in [0.05, 0.1) is 11.2 Å². The molecule has 0 unspecified atom stereocenters. The number of nitrogens with one attached hydrogen (secondary N) is 1. The summed E-state index contributed by atoms with van der Waals surface area (Å²) in [5, 5.41) is 0. The summed E-state index contributed by atoms with van der Waals surface area (Å²) in [5.41, 5.74) is 5.02. The molecule has 19 heavy (non-hydrogen) atoms. The van der Waals surface area contributed by atoms with Gasteiger partial charge in [-0.25, -0.2) is 0 Å². The van der Waals surface area contributed by atoms with E-state index in [1.807, 2.05) is 27.7 Å². The number of aromatic nitrogens is 1. The largest absolute Gasteiger partial charge is 0.487 e. The van der Waals surface area contributed by atoms with Crippen molar-refractivity contribution in [1.29, 1.82) is 0 Å². The van der Waals surface area contributed by atoms with Crippen LogP contribution in [0.5, 0.6) is 0 Å². The zero-order valence-corrected chi connectivity index (χ0v) is 11.7. The number of hydrogen-bond acceptors (Lipinski definition) is 4. The summed E-state index contributed by atoms with van der Waals surface area (Å²) in [5.74, 6) is 2.08. The summed E-state index contributed by atoms with van der Waals surface area (Å²) in [6.45, 7) is 7.93. The Kier molecular flexibility index (Phi) is 3.32. The first kappa shape index (κ1) is 13.9. The topological polar surface area (TPSA) is 77.3 Å². The van der Waals surface area contributed by atoms with Gasteiger partial charge in [-0.15, -0.1) is 0 Å². The summed E-state index contributed by atoms with van der Waals surface area (Å²) >= 11 is 0. The zero-order chi connectivity index (χ0) is 14.3. The Morgan fingerprint density at radius 2 is 1.79 bits per heavy atom. The van der Waals surface area contributed by atoms with E-state index in [0.29, 0.717) is 11.4 Å². The molecule has 1 aliphatic heterocycles. The summed E-state index contributed by atoms with van der Waals surface area (Å²) in [6.07, 6.45) is 1.68. The van der Waals surface area contributed by atoms with Crippen LogP contribution in [0.25, 0.3) is 6.08 Å². The minimum Gasteiger partial charge on any atom is -0.400 e. The second-order valence-electron chi connectivity index (χ2n) is 5.68. The Balaban J connectivity index is 2.15. The molecule has 0 aliphatic carbocycles. The first-order valence-corrected chi connectivity index (χ1v) is 6.24. The molecule has 1 aromatic rings. The lowest BCUT2D eigenvalue weighted by molar-refractivity contribution is 0.00578. The van der Waals surface area contributed by atoms with Crippen molar-refractivity contribution in [2.75, 3.05) is 5.73 Å². The fourth-order valence-electron chi connectivity index (χ4n) is 1.78. The van der Waals surface area contributed by atoms with Crippen LogP contribution in [0.15, 0.2) is 22.9 Å². The van der Waals surface area contributed by atoms with Crippen LogP contribution >= 0.6 is 0 Å². The van der Waals surface area contributed by atoms with Gasteiger partial charge in [-0.3, -0.25) is 4.79 Å². The van der Waals surface area contributed by atoms with Crippen molar-refractivity contribution in [2.45, 2.75) is 38.9 Å². The average Bonchev–Trinajstić information content (AvgIpc) is 2.46. The van der Waals surface area contributed by atoms with Crippen molar-refractivity contribution in [3.8, 4) is 0 Å². The van der Waals surface area contributed by atoms with Gasteiger partial charge in [0.15, 0.2) is 0 Å². The van der Waals surface area contributed by atoms with Gasteiger partial charge in [0, 0.05) is 5.56 Å². The van der Waals surface area contributed by atoms with E-state index in [2.05, 4.69) is 4.98 Å². The summed E-state index contributed by atoms with van der Waals surface area (Å²) in [7, 11) is -0.457. The Labute approximate surface area is 112 Å². The van der Waals surface area contributed by atoms with E-state index in [1.54, 1.807) is 24.2 Å². The fraction of sp³-hybridized carbons (Fsp3) is 0.462. The third-order valence-corrected chi connectivity index (χ3v) is 3.67. The minimum atomic E-state index is -0.457. The molecule has 6 heteroatoms. The van der Waals surface area contributed by atoms with Gasteiger partial charge in [0.2, 0.25) is 0 Å². The van der Waals surface area contributed by atoms with Crippen molar-refractivity contribution in [1.82, 2.24) is 4.98 Å². The Morgan fingerprint density at radius 3 is 2.32 bits per heavy atom. The number of hydrogen-bond donors (Lipinski definition) is 2. The smallest absolute Gasteiger partial charge is 0.400 e. The van der Waals surface area contributed by atoms with Crippen molar-refractivity contribution in [3.05, 3.63) is 34.0 Å². The molecule has 0 saturated carbocycles. The molecule has 0 aromatic carbocycles. The first-order chi connectivity index (χ1) is 8.71. The van der Waals surface area contributed by atoms with Gasteiger partial charge in [0.1, 0.15) is 5.82 Å². The molecule has 1 aliphatic rings. The molecule has 0 bridgehead atoms. The molecule has 2 heterocycles. The maximum atomic E-state index is 11.6. The molecule has 2 rings (SSSR count). The Hall–Kier alpha value is -1.53. The van der Waals surface area contributed by atoms with Gasteiger partial charge in [-0.1, -0.05) is 12.1 Å². The molecular weight excluding hydrogens is 243 g/mol. The van der Waals surface area contributed by atoms with Crippen LogP contribution in [0.4, 0.5) is 5.82 Å². The predicted molar refractivity (Wildman–Crippen MR) is 76.6 cm³/mol. The van der Waals surface area contributed by atoms with Gasteiger partial charge in [-0.2, -0.15) is 0 Å². The number of rotatable bonds is 2. The van der Waals surface area contributed by atoms with E-state index in [0.717, 1.165) is 0 Å². The normalized spacial score (nSPS) is 21.2. The highest BCUT2D eigenvalue weighted by molar-refractivity contribution is 6.52. The molecule has 1 aromatic heterocycles. The fourth-order valence-corrected chi connectivity index (χ4v) is 1.78. The van der Waals surface area contributed by atoms with E-state index < -0.39 is 7.12 Å². The number of aromatic amines is 1. The number of nitrogens with two attached hydrogens (primary N) is 1. The van der Waals surface area contributed by atoms with Gasteiger partial charge >= 0.3 is 7.12 Å². The molecule has 0 amide bonds. The number of anilines is 1. The van der Waals surface area contributed by atoms with E-state index in [1.165, 1.54) is 0 Å². The molecule has 0 atom stereocenters. The van der Waals surface area contributed by atoms with Crippen LogP contribution in [-0.2, 0) is 9.31 Å². The molecule has 5 nitrogen and oxygen atoms in total. The van der Waals surface area contributed by atoms with Crippen LogP contribution in [0.1, 0.15) is 33.3 Å². The van der Waals surface area contributed by atoms with Crippen molar-refractivity contribution < 1.29 is 9.31 Å². The average molecular weight is 262 g/mol. The van der Waals surface area contributed by atoms with E-state index in [-0.39, 0.29) is 16.8 Å². The van der Waals surface area contributed by atoms with Gasteiger partial charge in [0.25, 0.3) is 5.56 Å². The van der Waals surface area contributed by atoms with E-state index in [4.69, 9.17) is 15.0 Å². The third-order valence-electron chi connectivity index (χ3n) is 3.67. The SMILES string of the molecule is CC1(C)OB(/C=C/c2ccc(N)[nH]c2=O)OC1(C)C. The van der Waals surface area contributed by atoms with Crippen molar-refractivity contribution >= 4 is 19.0 Å². The molecule has 1 saturated heterocycles. The molecule has 1 fully saturated rings. The van der Waals surface area contributed by atoms with Crippen LogP contribution in [0.2, 0.25) is 0 Å². The van der Waals surface area contributed by atoms with Crippen molar-refractivity contribution in [2.24, 2.45) is 0 Å². The lowest BCUT2D eigenvalue weighted by Crippen LogP contribution is -2.41. The Bertz CT molecular complexity index is 547. The maximum Gasteiger partial charge on any atom is 0.487 e. The quantitative estimate of drug-likeness (QED) is 0.793. The highest BCUT2D eigenvalue weighted by Crippen LogP contribution is 2.36. The molecule has 3 N–H and O–H groups in total. The van der Waals surface area contributed by atoms with E-state index in [9.17, 15) is 4.79 Å². The third kappa shape index (κ3) is 2.74. The van der Waals surface area contributed by atoms with Crippen LogP contribution in [0, 0.1) is 0 Å². The zero-order valence-electron chi connectivity index (χ0n) is 11.7. The number of nitrogen functional groups attached to an aromatic ring is 1. The van der Waals surface area contributed by atoms with Crippen LogP contribution in [-0.4, -0.2) is 23.3 Å². The lowest BCUT2D eigenvalue weighted by Gasteiger charge is -2.32. The standard InChI is InChI=1S/C13H19BN2O3/c1-12(2)13(3,4)19-14(18-12)8-7-9-5-6-10(15)16-11(9)17/h5-8H,1-4H3,(H3,15,16,17)/b8-7+. The minimum absolute atomic E-state index is 0.229. The van der Waals surface area contributed by atoms with Crippen LogP contribution in [0.3, 0.4) is 0 Å². The second kappa shape index (κ2) is 4.54. The highest BCUT2D eigenvalue weighted by Gasteiger charge is 2.49. The summed E-state index contributed by atoms with van der Waals surface area (Å²) in [6, 6.07) is 3.31. The predicted octanol–water partition coefficient (Wildman–Crippen LogP) is 1.60. The number of pyridine rings is 1. The first-order valence-electron chi connectivity index (χ1n) is 6.24. The molecule has 102 valence electrons. The monoisotopic (exact) mass is 262 g/mol. The Morgan fingerprint density at radius 1 is 1.21 bits per heavy atom. The highest BCUT2D eigenvalue weighted by atomic mass is 16.7. The van der Waals surface area contributed by atoms with Gasteiger partial charge in [-0.05, 0) is 39.8 Å². The lowest BCUT2D eigenvalue weighted by atomic mass is 9.89.